The first-order valence-corrected chi connectivity index (χ1v) is 6.29. The fourth-order valence-electron chi connectivity index (χ4n) is 1.26. The van der Waals surface area contributed by atoms with Gasteiger partial charge in [0.1, 0.15) is 10.9 Å². The van der Waals surface area contributed by atoms with Crippen molar-refractivity contribution in [1.82, 2.24) is 15.2 Å². The van der Waals surface area contributed by atoms with Crippen molar-refractivity contribution >= 4 is 29.0 Å². The number of thiazole rings is 1. The van der Waals surface area contributed by atoms with Gasteiger partial charge in [-0.25, -0.2) is 4.98 Å². The molecule has 0 saturated carbocycles. The molecular formula is C9H11ClN4OS. The van der Waals surface area contributed by atoms with Gasteiger partial charge in [0.25, 0.3) is 0 Å². The summed E-state index contributed by atoms with van der Waals surface area (Å²) >= 11 is 7.17. The number of rotatable bonds is 5. The van der Waals surface area contributed by atoms with Gasteiger partial charge in [0.2, 0.25) is 5.89 Å². The lowest BCUT2D eigenvalue weighted by atomic mass is 10.2. The molecule has 2 aromatic rings. The second-order valence-corrected chi connectivity index (χ2v) is 4.30. The van der Waals surface area contributed by atoms with E-state index < -0.39 is 0 Å². The number of anilines is 1. The quantitative estimate of drug-likeness (QED) is 0.836. The van der Waals surface area contributed by atoms with Crippen molar-refractivity contribution < 1.29 is 4.42 Å². The summed E-state index contributed by atoms with van der Waals surface area (Å²) in [5.74, 6) is 0.640. The first-order chi connectivity index (χ1) is 7.83. The zero-order valence-electron chi connectivity index (χ0n) is 8.68. The third-order valence-electron chi connectivity index (χ3n) is 2.04. The largest absolute Gasteiger partial charge is 0.407 e. The minimum atomic E-state index is 0.101. The lowest BCUT2D eigenvalue weighted by Gasteiger charge is -2.11. The molecular weight excluding hydrogens is 248 g/mol. The topological polar surface area (TPSA) is 63.8 Å². The van der Waals surface area contributed by atoms with Crippen LogP contribution in [0.4, 0.5) is 6.01 Å². The van der Waals surface area contributed by atoms with Crippen LogP contribution < -0.4 is 5.32 Å². The van der Waals surface area contributed by atoms with Crippen molar-refractivity contribution in [3.63, 3.8) is 0 Å². The van der Waals surface area contributed by atoms with Crippen molar-refractivity contribution in [2.24, 2.45) is 0 Å². The molecule has 2 rings (SSSR count). The number of alkyl halides is 1. The zero-order valence-corrected chi connectivity index (χ0v) is 10.3. The maximum atomic E-state index is 5.58. The van der Waals surface area contributed by atoms with Crippen LogP contribution in [-0.2, 0) is 5.88 Å². The van der Waals surface area contributed by atoms with Gasteiger partial charge < -0.3 is 9.73 Å². The van der Waals surface area contributed by atoms with Gasteiger partial charge in [-0.1, -0.05) is 12.0 Å². The fourth-order valence-corrected chi connectivity index (χ4v) is 2.14. The Labute approximate surface area is 102 Å². The highest BCUT2D eigenvalue weighted by atomic mass is 35.5. The third kappa shape index (κ3) is 2.51. The molecule has 0 spiro atoms. The Morgan fingerprint density at radius 1 is 1.56 bits per heavy atom. The molecule has 0 aliphatic carbocycles. The van der Waals surface area contributed by atoms with Crippen molar-refractivity contribution in [1.29, 1.82) is 0 Å². The van der Waals surface area contributed by atoms with Crippen LogP contribution in [0.25, 0.3) is 0 Å². The van der Waals surface area contributed by atoms with Crippen LogP contribution >= 0.6 is 22.9 Å². The number of hydrogen-bond acceptors (Lipinski definition) is 6. The smallest absolute Gasteiger partial charge is 0.316 e. The van der Waals surface area contributed by atoms with Crippen LogP contribution in [-0.4, -0.2) is 15.2 Å². The third-order valence-corrected chi connectivity index (χ3v) is 3.15. The van der Waals surface area contributed by atoms with Gasteiger partial charge in [-0.15, -0.1) is 28.0 Å². The molecule has 5 nitrogen and oxygen atoms in total. The van der Waals surface area contributed by atoms with E-state index in [0.717, 1.165) is 11.4 Å². The first-order valence-electron chi connectivity index (χ1n) is 4.87. The van der Waals surface area contributed by atoms with Gasteiger partial charge in [-0.05, 0) is 6.42 Å². The van der Waals surface area contributed by atoms with Crippen LogP contribution in [0.5, 0.6) is 0 Å². The maximum absolute atomic E-state index is 5.58. The SMILES string of the molecule is CCC(Nc1nnc(CCl)o1)c1nccs1. The summed E-state index contributed by atoms with van der Waals surface area (Å²) in [6, 6.07) is 0.487. The Hall–Kier alpha value is -1.14. The molecule has 1 N–H and O–H groups in total. The molecule has 86 valence electrons. The molecule has 0 radical (unpaired) electrons. The summed E-state index contributed by atoms with van der Waals surface area (Å²) in [5, 5.41) is 13.7. The Kier molecular flexibility index (Phi) is 3.74. The first kappa shape index (κ1) is 11.3. The monoisotopic (exact) mass is 258 g/mol. The van der Waals surface area contributed by atoms with Crippen LogP contribution in [0.15, 0.2) is 16.0 Å². The maximum Gasteiger partial charge on any atom is 0.316 e. The summed E-state index contributed by atoms with van der Waals surface area (Å²) in [6.07, 6.45) is 2.68. The predicted octanol–water partition coefficient (Wildman–Crippen LogP) is 2.83. The number of hydrogen-bond donors (Lipinski definition) is 1. The molecule has 1 unspecified atom stereocenters. The molecule has 0 saturated heterocycles. The predicted molar refractivity (Wildman–Crippen MR) is 62.6 cm³/mol. The normalized spacial score (nSPS) is 12.6. The summed E-state index contributed by atoms with van der Waals surface area (Å²) in [4.78, 5) is 4.25. The van der Waals surface area contributed by atoms with Crippen LogP contribution in [0.3, 0.4) is 0 Å². The summed E-state index contributed by atoms with van der Waals surface area (Å²) in [7, 11) is 0. The summed E-state index contributed by atoms with van der Waals surface area (Å²) in [5.41, 5.74) is 0. The van der Waals surface area contributed by atoms with Gasteiger partial charge in [0.05, 0.1) is 6.04 Å². The molecule has 1 atom stereocenters. The van der Waals surface area contributed by atoms with Crippen LogP contribution in [0.1, 0.15) is 30.3 Å². The summed E-state index contributed by atoms with van der Waals surface area (Å²) < 4.78 is 5.27. The Bertz CT molecular complexity index is 430. The van der Waals surface area contributed by atoms with Gasteiger partial charge in [0, 0.05) is 11.6 Å². The molecule has 2 aromatic heterocycles. The Morgan fingerprint density at radius 3 is 3.00 bits per heavy atom. The van der Waals surface area contributed by atoms with Crippen LogP contribution in [0.2, 0.25) is 0 Å². The molecule has 0 amide bonds. The lowest BCUT2D eigenvalue weighted by molar-refractivity contribution is 0.516. The molecule has 0 aromatic carbocycles. The summed E-state index contributed by atoms with van der Waals surface area (Å²) in [6.45, 7) is 2.07. The van der Waals surface area contributed by atoms with E-state index in [-0.39, 0.29) is 11.9 Å². The van der Waals surface area contributed by atoms with E-state index in [1.807, 2.05) is 5.38 Å². The van der Waals surface area contributed by atoms with E-state index in [4.69, 9.17) is 16.0 Å². The highest BCUT2D eigenvalue weighted by molar-refractivity contribution is 7.09. The van der Waals surface area contributed by atoms with Crippen molar-refractivity contribution in [2.75, 3.05) is 5.32 Å². The number of nitrogens with one attached hydrogen (secondary N) is 1. The molecule has 2 heterocycles. The molecule has 0 aliphatic heterocycles. The van der Waals surface area contributed by atoms with E-state index in [1.54, 1.807) is 17.5 Å². The average molecular weight is 259 g/mol. The van der Waals surface area contributed by atoms with E-state index in [9.17, 15) is 0 Å². The minimum absolute atomic E-state index is 0.101. The number of halogens is 1. The lowest BCUT2D eigenvalue weighted by Crippen LogP contribution is -2.09. The van der Waals surface area contributed by atoms with E-state index in [2.05, 4.69) is 27.4 Å². The van der Waals surface area contributed by atoms with Gasteiger partial charge in [-0.3, -0.25) is 0 Å². The number of nitrogens with zero attached hydrogens (tertiary/aromatic N) is 3. The second kappa shape index (κ2) is 5.27. The van der Waals surface area contributed by atoms with Crippen molar-refractivity contribution in [3.05, 3.63) is 22.5 Å². The Morgan fingerprint density at radius 2 is 2.44 bits per heavy atom. The molecule has 0 fully saturated rings. The fraction of sp³-hybridized carbons (Fsp3) is 0.444. The standard InChI is InChI=1S/C9H11ClN4OS/c1-2-6(8-11-3-4-16-8)12-9-14-13-7(5-10)15-9/h3-4,6H,2,5H2,1H3,(H,12,14). The van der Waals surface area contributed by atoms with Crippen molar-refractivity contribution in [2.45, 2.75) is 25.3 Å². The molecule has 7 heteroatoms. The van der Waals surface area contributed by atoms with Gasteiger partial charge in [0.15, 0.2) is 0 Å². The average Bonchev–Trinajstić information content (AvgIpc) is 2.96. The number of aromatic nitrogens is 3. The molecule has 0 aliphatic rings. The second-order valence-electron chi connectivity index (χ2n) is 3.11. The highest BCUT2D eigenvalue weighted by Gasteiger charge is 2.14. The van der Waals surface area contributed by atoms with E-state index >= 15 is 0 Å². The zero-order chi connectivity index (χ0) is 11.4. The molecule has 0 bridgehead atoms. The van der Waals surface area contributed by atoms with Gasteiger partial charge in [-0.2, -0.15) is 0 Å². The van der Waals surface area contributed by atoms with Crippen molar-refractivity contribution in [3.8, 4) is 0 Å². The van der Waals surface area contributed by atoms with Crippen LogP contribution in [0, 0.1) is 0 Å². The highest BCUT2D eigenvalue weighted by Crippen LogP contribution is 2.23. The van der Waals surface area contributed by atoms with E-state index in [1.165, 1.54) is 0 Å². The minimum Gasteiger partial charge on any atom is -0.407 e. The Balaban J connectivity index is 2.07. The van der Waals surface area contributed by atoms with E-state index in [0.29, 0.717) is 11.9 Å². The van der Waals surface area contributed by atoms with Gasteiger partial charge >= 0.3 is 6.01 Å². The molecule has 16 heavy (non-hydrogen) atoms.